The Hall–Kier alpha value is -2.82. The molecule has 0 aliphatic rings. The molecule has 1 N–H and O–H groups in total. The minimum atomic E-state index is -0.574. The fraction of sp³-hybridized carbons (Fsp3) is 0.0667. The molecule has 0 aliphatic heterocycles. The standard InChI is InChI=1S/C15H12N2O3/c18-14-12-8-4-5-9-13(12)20-17(14)15(19)16-10-11-6-2-1-3-7-11/h1-9H,10H2,(H,16,19). The van der Waals surface area contributed by atoms with Crippen molar-refractivity contribution in [1.29, 1.82) is 0 Å². The molecule has 0 unspecified atom stereocenters. The van der Waals surface area contributed by atoms with Crippen molar-refractivity contribution in [1.82, 2.24) is 10.1 Å². The van der Waals surface area contributed by atoms with Crippen LogP contribution in [0.2, 0.25) is 0 Å². The second kappa shape index (κ2) is 5.05. The molecule has 0 spiro atoms. The van der Waals surface area contributed by atoms with Gasteiger partial charge in [0.05, 0.1) is 5.39 Å². The third-order valence-corrected chi connectivity index (χ3v) is 2.96. The van der Waals surface area contributed by atoms with Crippen LogP contribution in [0.1, 0.15) is 5.56 Å². The number of amides is 1. The lowest BCUT2D eigenvalue weighted by atomic mass is 10.2. The van der Waals surface area contributed by atoms with Gasteiger partial charge in [-0.15, -0.1) is 0 Å². The number of hydrogen-bond donors (Lipinski definition) is 1. The molecule has 0 atom stereocenters. The summed E-state index contributed by atoms with van der Waals surface area (Å²) < 4.78 is 5.98. The highest BCUT2D eigenvalue weighted by Gasteiger charge is 2.14. The van der Waals surface area contributed by atoms with Crippen LogP contribution in [0.5, 0.6) is 0 Å². The molecule has 20 heavy (non-hydrogen) atoms. The summed E-state index contributed by atoms with van der Waals surface area (Å²) in [4.78, 5) is 24.0. The average Bonchev–Trinajstić information content (AvgIpc) is 2.84. The van der Waals surface area contributed by atoms with Gasteiger partial charge in [-0.05, 0) is 17.7 Å². The van der Waals surface area contributed by atoms with Gasteiger partial charge in [-0.1, -0.05) is 47.2 Å². The Morgan fingerprint density at radius 1 is 1.05 bits per heavy atom. The lowest BCUT2D eigenvalue weighted by Crippen LogP contribution is -2.33. The molecular weight excluding hydrogens is 256 g/mol. The molecule has 3 rings (SSSR count). The second-order valence-corrected chi connectivity index (χ2v) is 4.33. The van der Waals surface area contributed by atoms with Gasteiger partial charge in [0.25, 0.3) is 5.56 Å². The van der Waals surface area contributed by atoms with E-state index in [-0.39, 0.29) is 0 Å². The van der Waals surface area contributed by atoms with Crippen LogP contribution in [-0.2, 0) is 6.54 Å². The summed E-state index contributed by atoms with van der Waals surface area (Å²) in [5.41, 5.74) is 0.892. The molecule has 100 valence electrons. The predicted octanol–water partition coefficient (Wildman–Crippen LogP) is 2.35. The summed E-state index contributed by atoms with van der Waals surface area (Å²) in [5, 5.41) is 3.04. The molecule has 0 aliphatic carbocycles. The zero-order valence-corrected chi connectivity index (χ0v) is 10.6. The van der Waals surface area contributed by atoms with E-state index in [1.165, 1.54) is 0 Å². The molecule has 0 saturated carbocycles. The minimum Gasteiger partial charge on any atom is -0.366 e. The first-order valence-electron chi connectivity index (χ1n) is 6.19. The predicted molar refractivity (Wildman–Crippen MR) is 74.5 cm³/mol. The fourth-order valence-electron chi connectivity index (χ4n) is 1.95. The number of carbonyl (C=O) groups excluding carboxylic acids is 1. The summed E-state index contributed by atoms with van der Waals surface area (Å²) in [7, 11) is 0. The summed E-state index contributed by atoms with van der Waals surface area (Å²) in [6, 6.07) is 15.6. The zero-order chi connectivity index (χ0) is 13.9. The van der Waals surface area contributed by atoms with E-state index >= 15 is 0 Å². The van der Waals surface area contributed by atoms with Gasteiger partial charge < -0.3 is 9.84 Å². The van der Waals surface area contributed by atoms with Gasteiger partial charge in [0.2, 0.25) is 0 Å². The van der Waals surface area contributed by atoms with E-state index in [9.17, 15) is 9.59 Å². The summed E-state index contributed by atoms with van der Waals surface area (Å²) in [6.07, 6.45) is 0. The molecule has 2 aromatic carbocycles. The van der Waals surface area contributed by atoms with E-state index in [1.54, 1.807) is 24.3 Å². The van der Waals surface area contributed by atoms with Gasteiger partial charge in [-0.2, -0.15) is 0 Å². The van der Waals surface area contributed by atoms with E-state index in [0.717, 1.165) is 10.3 Å². The number of aromatic nitrogens is 1. The molecule has 0 saturated heterocycles. The van der Waals surface area contributed by atoms with Crippen molar-refractivity contribution in [2.24, 2.45) is 0 Å². The Bertz CT molecular complexity index is 803. The number of rotatable bonds is 2. The fourth-order valence-corrected chi connectivity index (χ4v) is 1.95. The topological polar surface area (TPSA) is 64.2 Å². The normalized spacial score (nSPS) is 10.6. The third-order valence-electron chi connectivity index (χ3n) is 2.96. The van der Waals surface area contributed by atoms with Gasteiger partial charge in [0.1, 0.15) is 0 Å². The molecule has 1 aromatic heterocycles. The molecule has 5 heteroatoms. The van der Waals surface area contributed by atoms with E-state index in [2.05, 4.69) is 5.32 Å². The van der Waals surface area contributed by atoms with Crippen LogP contribution in [0.3, 0.4) is 0 Å². The average molecular weight is 268 g/mol. The van der Waals surface area contributed by atoms with Gasteiger partial charge in [-0.25, -0.2) is 4.79 Å². The highest BCUT2D eigenvalue weighted by Crippen LogP contribution is 2.09. The van der Waals surface area contributed by atoms with Gasteiger partial charge in [-0.3, -0.25) is 4.79 Å². The van der Waals surface area contributed by atoms with Crippen molar-refractivity contribution < 1.29 is 9.32 Å². The maximum atomic E-state index is 12.0. The van der Waals surface area contributed by atoms with Crippen LogP contribution in [0.4, 0.5) is 4.79 Å². The number of para-hydroxylation sites is 1. The maximum absolute atomic E-state index is 12.0. The van der Waals surface area contributed by atoms with Crippen LogP contribution in [0, 0.1) is 0 Å². The minimum absolute atomic E-state index is 0.336. The molecular formula is C15H12N2O3. The Morgan fingerprint density at radius 3 is 2.50 bits per heavy atom. The number of nitrogens with one attached hydrogen (secondary N) is 1. The molecule has 5 nitrogen and oxygen atoms in total. The number of fused-ring (bicyclic) bond motifs is 1. The SMILES string of the molecule is O=C(NCc1ccccc1)n1oc2ccccc2c1=O. The first-order chi connectivity index (χ1) is 9.75. The summed E-state index contributed by atoms with van der Waals surface area (Å²) in [6.45, 7) is 0.336. The highest BCUT2D eigenvalue weighted by atomic mass is 16.5. The van der Waals surface area contributed by atoms with Crippen molar-refractivity contribution in [3.8, 4) is 0 Å². The number of benzene rings is 2. The summed E-state index contributed by atoms with van der Waals surface area (Å²) >= 11 is 0. The molecule has 0 fully saturated rings. The van der Waals surface area contributed by atoms with Crippen molar-refractivity contribution in [3.05, 3.63) is 70.5 Å². The van der Waals surface area contributed by atoms with Crippen molar-refractivity contribution in [3.63, 3.8) is 0 Å². The Morgan fingerprint density at radius 2 is 1.75 bits per heavy atom. The van der Waals surface area contributed by atoms with E-state index in [0.29, 0.717) is 17.5 Å². The van der Waals surface area contributed by atoms with Crippen LogP contribution in [-0.4, -0.2) is 10.8 Å². The molecule has 1 heterocycles. The zero-order valence-electron chi connectivity index (χ0n) is 10.6. The number of nitrogens with zero attached hydrogens (tertiary/aromatic N) is 1. The van der Waals surface area contributed by atoms with Crippen LogP contribution >= 0.6 is 0 Å². The molecule has 3 aromatic rings. The Labute approximate surface area is 114 Å². The highest BCUT2D eigenvalue weighted by molar-refractivity contribution is 5.82. The van der Waals surface area contributed by atoms with Crippen LogP contribution in [0.25, 0.3) is 11.0 Å². The third kappa shape index (κ3) is 2.21. The Balaban J connectivity index is 1.83. The first kappa shape index (κ1) is 12.2. The van der Waals surface area contributed by atoms with Gasteiger partial charge in [0, 0.05) is 6.54 Å². The van der Waals surface area contributed by atoms with Crippen molar-refractivity contribution in [2.75, 3.05) is 0 Å². The maximum Gasteiger partial charge on any atom is 0.358 e. The van der Waals surface area contributed by atoms with E-state index < -0.39 is 11.6 Å². The smallest absolute Gasteiger partial charge is 0.358 e. The van der Waals surface area contributed by atoms with E-state index in [1.807, 2.05) is 30.3 Å². The number of carbonyl (C=O) groups is 1. The van der Waals surface area contributed by atoms with Crippen molar-refractivity contribution >= 4 is 17.0 Å². The second-order valence-electron chi connectivity index (χ2n) is 4.33. The molecule has 0 bridgehead atoms. The Kier molecular flexibility index (Phi) is 3.09. The van der Waals surface area contributed by atoms with Gasteiger partial charge in [0.15, 0.2) is 5.58 Å². The van der Waals surface area contributed by atoms with Crippen LogP contribution < -0.4 is 10.9 Å². The molecule has 1 amide bonds. The molecule has 0 radical (unpaired) electrons. The monoisotopic (exact) mass is 268 g/mol. The van der Waals surface area contributed by atoms with E-state index in [4.69, 9.17) is 4.52 Å². The van der Waals surface area contributed by atoms with Crippen molar-refractivity contribution in [2.45, 2.75) is 6.54 Å². The number of hydrogen-bond acceptors (Lipinski definition) is 3. The van der Waals surface area contributed by atoms with Crippen LogP contribution in [0.15, 0.2) is 63.9 Å². The lowest BCUT2D eigenvalue weighted by Gasteiger charge is -2.03. The largest absolute Gasteiger partial charge is 0.366 e. The lowest BCUT2D eigenvalue weighted by molar-refractivity contribution is 0.213. The first-order valence-corrected chi connectivity index (χ1v) is 6.19. The quantitative estimate of drug-likeness (QED) is 0.776. The summed E-state index contributed by atoms with van der Waals surface area (Å²) in [5.74, 6) is 0. The van der Waals surface area contributed by atoms with Gasteiger partial charge >= 0.3 is 6.03 Å².